The lowest BCUT2D eigenvalue weighted by atomic mass is 10.3. The van der Waals surface area contributed by atoms with Crippen LogP contribution in [0, 0.1) is 0 Å². The maximum atomic E-state index is 5.29. The van der Waals surface area contributed by atoms with Crippen molar-refractivity contribution in [3.8, 4) is 0 Å². The van der Waals surface area contributed by atoms with Gasteiger partial charge in [0.25, 0.3) is 0 Å². The number of guanidine groups is 1. The van der Waals surface area contributed by atoms with Crippen molar-refractivity contribution in [2.75, 3.05) is 45.4 Å². The minimum absolute atomic E-state index is 0. The van der Waals surface area contributed by atoms with Crippen LogP contribution in [0.5, 0.6) is 0 Å². The molecule has 0 saturated carbocycles. The number of thioether (sulfide) groups is 1. The zero-order valence-electron chi connectivity index (χ0n) is 12.5. The molecular weight excluding hydrogens is 373 g/mol. The van der Waals surface area contributed by atoms with Crippen molar-refractivity contribution in [3.05, 3.63) is 0 Å². The fourth-order valence-corrected chi connectivity index (χ4v) is 1.97. The first-order valence-corrected chi connectivity index (χ1v) is 8.25. The van der Waals surface area contributed by atoms with Crippen LogP contribution in [0.1, 0.15) is 32.6 Å². The highest BCUT2D eigenvalue weighted by Gasteiger charge is 1.96. The van der Waals surface area contributed by atoms with E-state index in [0.717, 1.165) is 45.1 Å². The van der Waals surface area contributed by atoms with E-state index in [9.17, 15) is 0 Å². The molecule has 0 aromatic heterocycles. The van der Waals surface area contributed by atoms with Crippen LogP contribution in [0.4, 0.5) is 0 Å². The van der Waals surface area contributed by atoms with Gasteiger partial charge in [-0.3, -0.25) is 4.99 Å². The van der Waals surface area contributed by atoms with Crippen molar-refractivity contribution in [1.29, 1.82) is 0 Å². The molecule has 0 unspecified atom stereocenters. The van der Waals surface area contributed by atoms with Gasteiger partial charge >= 0.3 is 0 Å². The lowest BCUT2D eigenvalue weighted by Gasteiger charge is -2.11. The minimum Gasteiger partial charge on any atom is -0.382 e. The van der Waals surface area contributed by atoms with Gasteiger partial charge in [0, 0.05) is 33.4 Å². The van der Waals surface area contributed by atoms with Gasteiger partial charge in [0.2, 0.25) is 0 Å². The number of halogens is 1. The summed E-state index contributed by atoms with van der Waals surface area (Å²) in [5.41, 5.74) is 0. The van der Waals surface area contributed by atoms with E-state index in [0.29, 0.717) is 0 Å². The van der Waals surface area contributed by atoms with Crippen LogP contribution in [-0.4, -0.2) is 51.3 Å². The SMILES string of the molecule is CCOCCCCNC(=NC)NCCCCSC.I. The van der Waals surface area contributed by atoms with Crippen LogP contribution >= 0.6 is 35.7 Å². The third-order valence-corrected chi connectivity index (χ3v) is 3.20. The van der Waals surface area contributed by atoms with Gasteiger partial charge in [-0.15, -0.1) is 24.0 Å². The first-order valence-electron chi connectivity index (χ1n) is 6.86. The maximum absolute atomic E-state index is 5.29. The number of nitrogens with zero attached hydrogens (tertiary/aromatic N) is 1. The fourth-order valence-electron chi connectivity index (χ4n) is 1.48. The second-order valence-corrected chi connectivity index (χ2v) is 5.02. The third kappa shape index (κ3) is 16.3. The van der Waals surface area contributed by atoms with Crippen molar-refractivity contribution < 1.29 is 4.74 Å². The molecule has 0 aliphatic carbocycles. The molecule has 4 nitrogen and oxygen atoms in total. The molecule has 2 N–H and O–H groups in total. The Hall–Kier alpha value is 0.310. The summed E-state index contributed by atoms with van der Waals surface area (Å²) in [5.74, 6) is 2.15. The molecule has 19 heavy (non-hydrogen) atoms. The molecule has 0 heterocycles. The average molecular weight is 403 g/mol. The molecule has 0 bridgehead atoms. The highest BCUT2D eigenvalue weighted by Crippen LogP contribution is 1.97. The molecule has 0 spiro atoms. The highest BCUT2D eigenvalue weighted by molar-refractivity contribution is 14.0. The number of aliphatic imine (C=N–C) groups is 1. The van der Waals surface area contributed by atoms with Gasteiger partial charge < -0.3 is 15.4 Å². The Morgan fingerprint density at radius 2 is 1.74 bits per heavy atom. The quantitative estimate of drug-likeness (QED) is 0.241. The van der Waals surface area contributed by atoms with Crippen LogP contribution in [0.3, 0.4) is 0 Å². The number of hydrogen-bond donors (Lipinski definition) is 2. The third-order valence-electron chi connectivity index (χ3n) is 2.50. The normalized spacial score (nSPS) is 11.0. The summed E-state index contributed by atoms with van der Waals surface area (Å²) >= 11 is 1.90. The molecule has 0 amide bonds. The lowest BCUT2D eigenvalue weighted by Crippen LogP contribution is -2.38. The molecule has 0 aliphatic heterocycles. The molecule has 6 heteroatoms. The molecule has 0 atom stereocenters. The van der Waals surface area contributed by atoms with Crippen molar-refractivity contribution in [3.63, 3.8) is 0 Å². The predicted molar refractivity (Wildman–Crippen MR) is 98.1 cm³/mol. The van der Waals surface area contributed by atoms with E-state index in [2.05, 4.69) is 21.9 Å². The van der Waals surface area contributed by atoms with Crippen LogP contribution in [-0.2, 0) is 4.74 Å². The van der Waals surface area contributed by atoms with Crippen LogP contribution in [0.25, 0.3) is 0 Å². The summed E-state index contributed by atoms with van der Waals surface area (Å²) in [6.07, 6.45) is 6.83. The zero-order valence-corrected chi connectivity index (χ0v) is 15.7. The summed E-state index contributed by atoms with van der Waals surface area (Å²) in [6, 6.07) is 0. The van der Waals surface area contributed by atoms with E-state index in [4.69, 9.17) is 4.74 Å². The Bertz CT molecular complexity index is 206. The predicted octanol–water partition coefficient (Wildman–Crippen LogP) is 2.73. The van der Waals surface area contributed by atoms with Gasteiger partial charge in [-0.1, -0.05) is 0 Å². The smallest absolute Gasteiger partial charge is 0.190 e. The first-order chi connectivity index (χ1) is 8.85. The van der Waals surface area contributed by atoms with Crippen LogP contribution in [0.15, 0.2) is 4.99 Å². The Balaban J connectivity index is 0. The summed E-state index contributed by atoms with van der Waals surface area (Å²) in [5, 5.41) is 6.64. The summed E-state index contributed by atoms with van der Waals surface area (Å²) in [6.45, 7) is 5.66. The zero-order chi connectivity index (χ0) is 13.5. The van der Waals surface area contributed by atoms with Gasteiger partial charge in [0.1, 0.15) is 0 Å². The van der Waals surface area contributed by atoms with Gasteiger partial charge in [-0.05, 0) is 44.6 Å². The molecular formula is C13H30IN3OS. The summed E-state index contributed by atoms with van der Waals surface area (Å²) < 4.78 is 5.29. The number of hydrogen-bond acceptors (Lipinski definition) is 3. The Kier molecular flexibility index (Phi) is 20.8. The van der Waals surface area contributed by atoms with Gasteiger partial charge in [0.15, 0.2) is 5.96 Å². The average Bonchev–Trinajstić information content (AvgIpc) is 2.40. The fraction of sp³-hybridized carbons (Fsp3) is 0.923. The van der Waals surface area contributed by atoms with E-state index in [1.54, 1.807) is 0 Å². The van der Waals surface area contributed by atoms with E-state index in [1.807, 2.05) is 25.7 Å². The highest BCUT2D eigenvalue weighted by atomic mass is 127. The van der Waals surface area contributed by atoms with Gasteiger partial charge in [-0.2, -0.15) is 11.8 Å². The van der Waals surface area contributed by atoms with Crippen molar-refractivity contribution >= 4 is 41.7 Å². The van der Waals surface area contributed by atoms with Gasteiger partial charge in [-0.25, -0.2) is 0 Å². The van der Waals surface area contributed by atoms with Crippen molar-refractivity contribution in [1.82, 2.24) is 10.6 Å². The number of unbranched alkanes of at least 4 members (excludes halogenated alkanes) is 2. The Labute approximate surface area is 139 Å². The maximum Gasteiger partial charge on any atom is 0.190 e. The largest absolute Gasteiger partial charge is 0.382 e. The molecule has 0 fully saturated rings. The van der Waals surface area contributed by atoms with E-state index >= 15 is 0 Å². The van der Waals surface area contributed by atoms with Crippen LogP contribution < -0.4 is 10.6 Å². The first kappa shape index (κ1) is 21.6. The molecule has 0 aromatic rings. The molecule has 116 valence electrons. The molecule has 0 saturated heterocycles. The van der Waals surface area contributed by atoms with Crippen molar-refractivity contribution in [2.24, 2.45) is 4.99 Å². The van der Waals surface area contributed by atoms with E-state index < -0.39 is 0 Å². The molecule has 0 aliphatic rings. The number of ether oxygens (including phenoxy) is 1. The van der Waals surface area contributed by atoms with Crippen molar-refractivity contribution in [2.45, 2.75) is 32.6 Å². The van der Waals surface area contributed by atoms with E-state index in [-0.39, 0.29) is 24.0 Å². The number of rotatable bonds is 11. The van der Waals surface area contributed by atoms with Crippen LogP contribution in [0.2, 0.25) is 0 Å². The molecule has 0 aromatic carbocycles. The molecule has 0 radical (unpaired) electrons. The molecule has 0 rings (SSSR count). The number of nitrogens with one attached hydrogen (secondary N) is 2. The second-order valence-electron chi connectivity index (χ2n) is 4.03. The van der Waals surface area contributed by atoms with Gasteiger partial charge in [0.05, 0.1) is 0 Å². The Morgan fingerprint density at radius 3 is 2.26 bits per heavy atom. The minimum atomic E-state index is 0. The summed E-state index contributed by atoms with van der Waals surface area (Å²) in [7, 11) is 1.82. The topological polar surface area (TPSA) is 45.6 Å². The lowest BCUT2D eigenvalue weighted by molar-refractivity contribution is 0.143. The Morgan fingerprint density at radius 1 is 1.11 bits per heavy atom. The second kappa shape index (κ2) is 18.3. The standard InChI is InChI=1S/C13H29N3OS.HI/c1-4-17-11-7-5-9-15-13(14-2)16-10-6-8-12-18-3;/h4-12H2,1-3H3,(H2,14,15,16);1H. The monoisotopic (exact) mass is 403 g/mol. The van der Waals surface area contributed by atoms with E-state index in [1.165, 1.54) is 18.6 Å². The summed E-state index contributed by atoms with van der Waals surface area (Å²) in [4.78, 5) is 4.20.